The highest BCUT2D eigenvalue weighted by Crippen LogP contribution is 2.42. The number of methoxy groups -OCH3 is 1. The number of benzene rings is 2. The van der Waals surface area contributed by atoms with Crippen molar-refractivity contribution in [3.8, 4) is 11.4 Å². The summed E-state index contributed by atoms with van der Waals surface area (Å²) in [4.78, 5) is 30.5. The zero-order chi connectivity index (χ0) is 24.2. The fourth-order valence-electron chi connectivity index (χ4n) is 4.22. The molecule has 0 spiro atoms. The molecule has 4 aromatic rings. The van der Waals surface area contributed by atoms with Crippen LogP contribution in [-0.4, -0.2) is 29.0 Å². The number of rotatable bonds is 4. The lowest BCUT2D eigenvalue weighted by Crippen LogP contribution is -2.28. The molecule has 1 saturated carbocycles. The third-order valence-electron chi connectivity index (χ3n) is 5.83. The topological polar surface area (TPSA) is 96.4 Å². The smallest absolute Gasteiger partial charge is 0.465 e. The van der Waals surface area contributed by atoms with Crippen LogP contribution in [0.2, 0.25) is 0 Å². The summed E-state index contributed by atoms with van der Waals surface area (Å²) in [5.74, 6) is -1.16. The third-order valence-corrected chi connectivity index (χ3v) is 5.83. The molecule has 2 aromatic heterocycles. The molecule has 1 aliphatic rings. The first kappa shape index (κ1) is 21.7. The number of carbonyl (C=O) groups is 1. The number of hydrogen-bond donors (Lipinski definition) is 1. The molecular weight excluding hydrogens is 451 g/mol. The number of aromatic nitrogens is 2. The standard InChI is InChI=1S/C24H18F3N3O4/c1-33-23(32)19-20(28)16-8-7-13(34-24(25,26)27)11-18(16)30(22(19)31)17-4-2-3-15-14(17)9-10-29-21(15)12-5-6-12/h2-4,7-12H,5-6,28H2,1H3. The second-order valence-corrected chi connectivity index (χ2v) is 7.99. The van der Waals surface area contributed by atoms with Crippen molar-refractivity contribution in [1.82, 2.24) is 9.55 Å². The van der Waals surface area contributed by atoms with Gasteiger partial charge in [0.2, 0.25) is 0 Å². The fraction of sp³-hybridized carbons (Fsp3) is 0.208. The van der Waals surface area contributed by atoms with Gasteiger partial charge in [0.05, 0.1) is 29.7 Å². The van der Waals surface area contributed by atoms with E-state index in [1.54, 1.807) is 24.4 Å². The average molecular weight is 469 g/mol. The summed E-state index contributed by atoms with van der Waals surface area (Å²) in [6, 6.07) is 10.4. The van der Waals surface area contributed by atoms with Crippen molar-refractivity contribution < 1.29 is 27.4 Å². The number of halogens is 3. The SMILES string of the molecule is COC(=O)c1c(N)c2ccc(OC(F)(F)F)cc2n(-c2cccc3c(C4CC4)nccc23)c1=O. The van der Waals surface area contributed by atoms with Crippen molar-refractivity contribution in [3.05, 3.63) is 70.3 Å². The highest BCUT2D eigenvalue weighted by molar-refractivity contribution is 6.05. The molecule has 1 aliphatic carbocycles. The molecule has 0 bridgehead atoms. The van der Waals surface area contributed by atoms with Gasteiger partial charge in [0.15, 0.2) is 0 Å². The van der Waals surface area contributed by atoms with Crippen LogP contribution in [-0.2, 0) is 4.74 Å². The van der Waals surface area contributed by atoms with Gasteiger partial charge in [0.1, 0.15) is 11.3 Å². The quantitative estimate of drug-likeness (QED) is 0.436. The Morgan fingerprint density at radius 3 is 2.56 bits per heavy atom. The average Bonchev–Trinajstić information content (AvgIpc) is 3.63. The minimum Gasteiger partial charge on any atom is -0.465 e. The number of esters is 1. The Morgan fingerprint density at radius 2 is 1.88 bits per heavy atom. The molecule has 0 radical (unpaired) electrons. The van der Waals surface area contributed by atoms with Gasteiger partial charge in [0.25, 0.3) is 5.56 Å². The molecule has 5 rings (SSSR count). The van der Waals surface area contributed by atoms with Crippen LogP contribution in [0.4, 0.5) is 18.9 Å². The molecule has 2 aromatic carbocycles. The predicted molar refractivity (Wildman–Crippen MR) is 119 cm³/mol. The van der Waals surface area contributed by atoms with E-state index in [0.29, 0.717) is 17.0 Å². The first-order valence-corrected chi connectivity index (χ1v) is 10.4. The molecule has 0 aliphatic heterocycles. The van der Waals surface area contributed by atoms with Crippen LogP contribution in [0.15, 0.2) is 53.5 Å². The summed E-state index contributed by atoms with van der Waals surface area (Å²) in [6.45, 7) is 0. The number of hydrogen-bond acceptors (Lipinski definition) is 6. The van der Waals surface area contributed by atoms with Gasteiger partial charge in [-0.15, -0.1) is 13.2 Å². The van der Waals surface area contributed by atoms with Crippen LogP contribution in [0, 0.1) is 0 Å². The Bertz CT molecular complexity index is 1520. The van der Waals surface area contributed by atoms with E-state index >= 15 is 0 Å². The molecular formula is C24H18F3N3O4. The van der Waals surface area contributed by atoms with Crippen LogP contribution >= 0.6 is 0 Å². The fourth-order valence-corrected chi connectivity index (χ4v) is 4.22. The number of anilines is 1. The van der Waals surface area contributed by atoms with E-state index in [-0.39, 0.29) is 16.6 Å². The summed E-state index contributed by atoms with van der Waals surface area (Å²) < 4.78 is 48.7. The number of fused-ring (bicyclic) bond motifs is 2. The molecule has 2 N–H and O–H groups in total. The van der Waals surface area contributed by atoms with Crippen molar-refractivity contribution in [2.45, 2.75) is 25.1 Å². The molecule has 10 heteroatoms. The lowest BCUT2D eigenvalue weighted by molar-refractivity contribution is -0.274. The van der Waals surface area contributed by atoms with Crippen LogP contribution in [0.3, 0.4) is 0 Å². The Kier molecular flexibility index (Phi) is 4.96. The molecule has 34 heavy (non-hydrogen) atoms. The second kappa shape index (κ2) is 7.75. The van der Waals surface area contributed by atoms with Crippen LogP contribution in [0.5, 0.6) is 5.75 Å². The summed E-state index contributed by atoms with van der Waals surface area (Å²) in [7, 11) is 1.11. The Balaban J connectivity index is 1.89. The van der Waals surface area contributed by atoms with E-state index in [9.17, 15) is 22.8 Å². The van der Waals surface area contributed by atoms with Gasteiger partial charge in [0, 0.05) is 34.3 Å². The number of alkyl halides is 3. The lowest BCUT2D eigenvalue weighted by atomic mass is 10.0. The van der Waals surface area contributed by atoms with Crippen molar-refractivity contribution in [3.63, 3.8) is 0 Å². The van der Waals surface area contributed by atoms with Gasteiger partial charge in [-0.05, 0) is 37.1 Å². The maximum absolute atomic E-state index is 13.6. The van der Waals surface area contributed by atoms with Crippen LogP contribution in [0.1, 0.15) is 34.8 Å². The number of nitrogens with zero attached hydrogens (tertiary/aromatic N) is 2. The highest BCUT2D eigenvalue weighted by Gasteiger charge is 2.32. The minimum atomic E-state index is -4.93. The van der Waals surface area contributed by atoms with Gasteiger partial charge in [-0.1, -0.05) is 12.1 Å². The van der Waals surface area contributed by atoms with Gasteiger partial charge in [-0.2, -0.15) is 0 Å². The summed E-state index contributed by atoms with van der Waals surface area (Å²) in [5.41, 5.74) is 6.00. The minimum absolute atomic E-state index is 0.0502. The number of pyridine rings is 2. The highest BCUT2D eigenvalue weighted by atomic mass is 19.4. The zero-order valence-electron chi connectivity index (χ0n) is 17.8. The maximum Gasteiger partial charge on any atom is 0.573 e. The van der Waals surface area contributed by atoms with Gasteiger partial charge in [-0.25, -0.2) is 4.79 Å². The molecule has 0 unspecified atom stereocenters. The number of nitrogen functional groups attached to an aromatic ring is 1. The maximum atomic E-state index is 13.6. The van der Waals surface area contributed by atoms with Crippen LogP contribution in [0.25, 0.3) is 27.4 Å². The number of ether oxygens (including phenoxy) is 2. The summed E-state index contributed by atoms with van der Waals surface area (Å²) in [5, 5.41) is 1.68. The monoisotopic (exact) mass is 469 g/mol. The zero-order valence-corrected chi connectivity index (χ0v) is 17.8. The van der Waals surface area contributed by atoms with Crippen molar-refractivity contribution in [2.24, 2.45) is 0 Å². The predicted octanol–water partition coefficient (Wildman–Crippen LogP) is 4.68. The van der Waals surface area contributed by atoms with E-state index in [0.717, 1.165) is 43.2 Å². The van der Waals surface area contributed by atoms with Gasteiger partial charge >= 0.3 is 12.3 Å². The van der Waals surface area contributed by atoms with E-state index in [2.05, 4.69) is 9.72 Å². The second-order valence-electron chi connectivity index (χ2n) is 7.99. The van der Waals surface area contributed by atoms with E-state index in [1.807, 2.05) is 6.07 Å². The van der Waals surface area contributed by atoms with Gasteiger partial charge in [-0.3, -0.25) is 14.3 Å². The molecule has 0 amide bonds. The normalized spacial score (nSPS) is 13.9. The summed E-state index contributed by atoms with van der Waals surface area (Å²) in [6.07, 6.45) is -1.29. The van der Waals surface area contributed by atoms with E-state index in [4.69, 9.17) is 10.5 Å². The molecule has 0 saturated heterocycles. The first-order valence-electron chi connectivity index (χ1n) is 10.4. The number of carbonyl (C=O) groups excluding carboxylic acids is 1. The van der Waals surface area contributed by atoms with E-state index < -0.39 is 29.2 Å². The number of nitrogens with two attached hydrogens (primary N) is 1. The molecule has 0 atom stereocenters. The van der Waals surface area contributed by atoms with Gasteiger partial charge < -0.3 is 15.2 Å². The first-order chi connectivity index (χ1) is 16.2. The molecule has 1 fully saturated rings. The summed E-state index contributed by atoms with van der Waals surface area (Å²) >= 11 is 0. The van der Waals surface area contributed by atoms with Crippen LogP contribution < -0.4 is 16.0 Å². The van der Waals surface area contributed by atoms with Crippen molar-refractivity contribution in [2.75, 3.05) is 12.8 Å². The van der Waals surface area contributed by atoms with Crippen molar-refractivity contribution in [1.29, 1.82) is 0 Å². The lowest BCUT2D eigenvalue weighted by Gasteiger charge is -2.18. The third kappa shape index (κ3) is 3.60. The molecule has 174 valence electrons. The molecule has 2 heterocycles. The largest absolute Gasteiger partial charge is 0.573 e. The Labute approximate surface area is 190 Å². The van der Waals surface area contributed by atoms with E-state index in [1.165, 1.54) is 10.6 Å². The Hall–Kier alpha value is -4.08. The molecule has 7 nitrogen and oxygen atoms in total. The Morgan fingerprint density at radius 1 is 1.12 bits per heavy atom. The van der Waals surface area contributed by atoms with Crippen molar-refractivity contribution >= 4 is 33.3 Å².